The topological polar surface area (TPSA) is 93.7 Å². The molecule has 1 aliphatic rings. The summed E-state index contributed by atoms with van der Waals surface area (Å²) in [4.78, 5) is 11.7. The van der Waals surface area contributed by atoms with E-state index in [9.17, 15) is 13.2 Å². The maximum Gasteiger partial charge on any atom is 0.262 e. The Morgan fingerprint density at radius 2 is 1.67 bits per heavy atom. The third-order valence-electron chi connectivity index (χ3n) is 3.93. The number of ether oxygens (including phenoxy) is 2. The Morgan fingerprint density at radius 1 is 1.00 bits per heavy atom. The van der Waals surface area contributed by atoms with Crippen molar-refractivity contribution in [3.05, 3.63) is 42.5 Å². The lowest BCUT2D eigenvalue weighted by Gasteiger charge is -2.12. The molecule has 3 rings (SSSR count). The van der Waals surface area contributed by atoms with Gasteiger partial charge in [0.15, 0.2) is 11.5 Å². The van der Waals surface area contributed by atoms with E-state index in [0.29, 0.717) is 42.5 Å². The molecular weight excluding hydrogens is 368 g/mol. The van der Waals surface area contributed by atoms with E-state index >= 15 is 0 Å². The molecule has 0 fully saturated rings. The number of carbonyl (C=O) groups is 1. The summed E-state index contributed by atoms with van der Waals surface area (Å²) in [6.07, 6.45) is 1.95. The summed E-state index contributed by atoms with van der Waals surface area (Å²) in [5.41, 5.74) is 1.02. The number of hydrogen-bond acceptors (Lipinski definition) is 5. The molecule has 0 saturated heterocycles. The lowest BCUT2D eigenvalue weighted by molar-refractivity contribution is -0.116. The van der Waals surface area contributed by atoms with E-state index in [1.165, 1.54) is 12.1 Å². The van der Waals surface area contributed by atoms with E-state index in [-0.39, 0.29) is 10.8 Å². The fourth-order valence-electron chi connectivity index (χ4n) is 2.60. The number of anilines is 2. The fraction of sp³-hybridized carbons (Fsp3) is 0.316. The summed E-state index contributed by atoms with van der Waals surface area (Å²) in [5, 5.41) is 2.76. The second kappa shape index (κ2) is 8.30. The number of carbonyl (C=O) groups excluding carboxylic acids is 1. The summed E-state index contributed by atoms with van der Waals surface area (Å²) in [6.45, 7) is 2.95. The molecule has 0 radical (unpaired) electrons. The van der Waals surface area contributed by atoms with Gasteiger partial charge in [0, 0.05) is 30.3 Å². The number of benzene rings is 2. The Labute approximate surface area is 158 Å². The van der Waals surface area contributed by atoms with Crippen LogP contribution in [-0.2, 0) is 14.8 Å². The van der Waals surface area contributed by atoms with Gasteiger partial charge in [0.1, 0.15) is 0 Å². The van der Waals surface area contributed by atoms with Gasteiger partial charge in [-0.3, -0.25) is 9.52 Å². The van der Waals surface area contributed by atoms with Gasteiger partial charge >= 0.3 is 0 Å². The molecule has 1 aliphatic heterocycles. The molecule has 8 heteroatoms. The zero-order chi connectivity index (χ0) is 19.3. The van der Waals surface area contributed by atoms with Gasteiger partial charge in [-0.1, -0.05) is 6.92 Å². The third kappa shape index (κ3) is 4.91. The summed E-state index contributed by atoms with van der Waals surface area (Å²) in [6, 6.07) is 11.0. The first-order valence-electron chi connectivity index (χ1n) is 8.80. The van der Waals surface area contributed by atoms with Crippen molar-refractivity contribution >= 4 is 27.3 Å². The molecule has 1 amide bonds. The van der Waals surface area contributed by atoms with Crippen LogP contribution in [-0.4, -0.2) is 27.5 Å². The minimum absolute atomic E-state index is 0.0713. The van der Waals surface area contributed by atoms with Crippen LogP contribution < -0.4 is 19.5 Å². The van der Waals surface area contributed by atoms with Crippen LogP contribution in [0.4, 0.5) is 11.4 Å². The van der Waals surface area contributed by atoms with E-state index < -0.39 is 10.0 Å². The number of sulfonamides is 1. The van der Waals surface area contributed by atoms with Crippen LogP contribution in [0.3, 0.4) is 0 Å². The molecule has 2 aromatic carbocycles. The van der Waals surface area contributed by atoms with E-state index in [1.54, 1.807) is 30.3 Å². The molecule has 1 heterocycles. The number of rotatable bonds is 6. The monoisotopic (exact) mass is 390 g/mol. The predicted molar refractivity (Wildman–Crippen MR) is 103 cm³/mol. The molecule has 0 atom stereocenters. The average molecular weight is 390 g/mol. The molecule has 7 nitrogen and oxygen atoms in total. The summed E-state index contributed by atoms with van der Waals surface area (Å²) >= 11 is 0. The Morgan fingerprint density at radius 3 is 2.37 bits per heavy atom. The number of amides is 1. The van der Waals surface area contributed by atoms with Crippen molar-refractivity contribution in [3.63, 3.8) is 0 Å². The zero-order valence-electron chi connectivity index (χ0n) is 15.0. The van der Waals surface area contributed by atoms with Crippen molar-refractivity contribution in [1.82, 2.24) is 0 Å². The van der Waals surface area contributed by atoms with Gasteiger partial charge in [-0.2, -0.15) is 0 Å². The highest BCUT2D eigenvalue weighted by Crippen LogP contribution is 2.32. The van der Waals surface area contributed by atoms with Crippen molar-refractivity contribution < 1.29 is 22.7 Å². The smallest absolute Gasteiger partial charge is 0.262 e. The normalized spacial score (nSPS) is 13.5. The molecule has 0 saturated carbocycles. The molecular formula is C19H22N2O5S. The van der Waals surface area contributed by atoms with E-state index in [1.807, 2.05) is 6.92 Å². The highest BCUT2D eigenvalue weighted by Gasteiger charge is 2.19. The van der Waals surface area contributed by atoms with Crippen LogP contribution in [0.15, 0.2) is 47.4 Å². The van der Waals surface area contributed by atoms with E-state index in [0.717, 1.165) is 12.8 Å². The second-order valence-corrected chi connectivity index (χ2v) is 7.82. The third-order valence-corrected chi connectivity index (χ3v) is 5.31. The molecule has 0 unspecified atom stereocenters. The molecule has 144 valence electrons. The van der Waals surface area contributed by atoms with Crippen molar-refractivity contribution in [1.29, 1.82) is 0 Å². The minimum atomic E-state index is -3.78. The van der Waals surface area contributed by atoms with Crippen molar-refractivity contribution in [3.8, 4) is 11.5 Å². The van der Waals surface area contributed by atoms with Gasteiger partial charge in [0.2, 0.25) is 5.91 Å². The van der Waals surface area contributed by atoms with Gasteiger partial charge in [0.05, 0.1) is 18.1 Å². The van der Waals surface area contributed by atoms with Gasteiger partial charge in [-0.15, -0.1) is 0 Å². The first-order chi connectivity index (χ1) is 13.0. The lowest BCUT2D eigenvalue weighted by Crippen LogP contribution is -2.13. The summed E-state index contributed by atoms with van der Waals surface area (Å²) < 4.78 is 38.9. The Bertz CT molecular complexity index is 910. The number of nitrogens with one attached hydrogen (secondary N) is 2. The van der Waals surface area contributed by atoms with Crippen molar-refractivity contribution in [2.45, 2.75) is 31.1 Å². The fourth-order valence-corrected chi connectivity index (χ4v) is 3.67. The highest BCUT2D eigenvalue weighted by atomic mass is 32.2. The van der Waals surface area contributed by atoms with Gasteiger partial charge < -0.3 is 14.8 Å². The van der Waals surface area contributed by atoms with Crippen molar-refractivity contribution in [2.75, 3.05) is 23.3 Å². The predicted octanol–water partition coefficient (Wildman–Crippen LogP) is 3.39. The SMILES string of the molecule is CCCC(=O)Nc1ccc(NS(=O)(=O)c2ccc3c(c2)OCCCO3)cc1. The lowest BCUT2D eigenvalue weighted by atomic mass is 10.2. The Balaban J connectivity index is 1.73. The van der Waals surface area contributed by atoms with Gasteiger partial charge in [0.25, 0.3) is 10.0 Å². The molecule has 0 aromatic heterocycles. The standard InChI is InChI=1S/C19H22N2O5S/c1-2-4-19(22)20-14-5-7-15(8-6-14)21-27(23,24)16-9-10-17-18(13-16)26-12-3-11-25-17/h5-10,13,21H,2-4,11-12H2,1H3,(H,20,22). The maximum atomic E-state index is 12.6. The second-order valence-electron chi connectivity index (χ2n) is 6.14. The van der Waals surface area contributed by atoms with Gasteiger partial charge in [-0.05, 0) is 42.8 Å². The minimum Gasteiger partial charge on any atom is -0.490 e. The van der Waals surface area contributed by atoms with Crippen LogP contribution >= 0.6 is 0 Å². The first kappa shape index (κ1) is 19.0. The maximum absolute atomic E-state index is 12.6. The molecule has 0 aliphatic carbocycles. The van der Waals surface area contributed by atoms with E-state index in [2.05, 4.69) is 10.0 Å². The quantitative estimate of drug-likeness (QED) is 0.789. The van der Waals surface area contributed by atoms with E-state index in [4.69, 9.17) is 9.47 Å². The van der Waals surface area contributed by atoms with Crippen molar-refractivity contribution in [2.24, 2.45) is 0 Å². The number of fused-ring (bicyclic) bond motifs is 1. The largest absolute Gasteiger partial charge is 0.490 e. The van der Waals surface area contributed by atoms with Crippen LogP contribution in [0.2, 0.25) is 0 Å². The molecule has 27 heavy (non-hydrogen) atoms. The first-order valence-corrected chi connectivity index (χ1v) is 10.3. The Kier molecular flexibility index (Phi) is 5.85. The zero-order valence-corrected chi connectivity index (χ0v) is 15.8. The molecule has 2 aromatic rings. The highest BCUT2D eigenvalue weighted by molar-refractivity contribution is 7.92. The molecule has 0 bridgehead atoms. The van der Waals surface area contributed by atoms with Crippen LogP contribution in [0, 0.1) is 0 Å². The Hall–Kier alpha value is -2.74. The average Bonchev–Trinajstić information content (AvgIpc) is 2.88. The van der Waals surface area contributed by atoms with Gasteiger partial charge in [-0.25, -0.2) is 8.42 Å². The molecule has 2 N–H and O–H groups in total. The van der Waals surface area contributed by atoms with Crippen LogP contribution in [0.25, 0.3) is 0 Å². The summed E-state index contributed by atoms with van der Waals surface area (Å²) in [7, 11) is -3.78. The van der Waals surface area contributed by atoms with Crippen LogP contribution in [0.5, 0.6) is 11.5 Å². The number of hydrogen-bond donors (Lipinski definition) is 2. The molecule has 0 spiro atoms. The summed E-state index contributed by atoms with van der Waals surface area (Å²) in [5.74, 6) is 0.890. The van der Waals surface area contributed by atoms with Crippen LogP contribution in [0.1, 0.15) is 26.2 Å².